The second kappa shape index (κ2) is 8.82. The van der Waals surface area contributed by atoms with Crippen molar-refractivity contribution in [3.63, 3.8) is 0 Å². The van der Waals surface area contributed by atoms with Crippen LogP contribution in [-0.2, 0) is 14.8 Å². The number of amides is 1. The van der Waals surface area contributed by atoms with Crippen LogP contribution in [-0.4, -0.2) is 30.0 Å². The Hall–Kier alpha value is -2.95. The molecule has 0 aliphatic carbocycles. The van der Waals surface area contributed by atoms with E-state index >= 15 is 0 Å². The molecule has 0 saturated heterocycles. The van der Waals surface area contributed by atoms with Gasteiger partial charge in [-0.3, -0.25) is 14.5 Å². The molecule has 0 saturated carbocycles. The number of carbonyl (C=O) groups excluding carboxylic acids is 1. The monoisotopic (exact) mass is 456 g/mol. The lowest BCUT2D eigenvalue weighted by molar-refractivity contribution is -0.113. The van der Waals surface area contributed by atoms with Crippen LogP contribution in [0, 0.1) is 0 Å². The third-order valence-corrected chi connectivity index (χ3v) is 7.32. The maximum atomic E-state index is 12.4. The van der Waals surface area contributed by atoms with Crippen LogP contribution in [0.4, 0.5) is 10.8 Å². The summed E-state index contributed by atoms with van der Waals surface area (Å²) in [6, 6.07) is 15.6. The Morgan fingerprint density at radius 1 is 1.00 bits per heavy atom. The first-order valence-corrected chi connectivity index (χ1v) is 12.1. The van der Waals surface area contributed by atoms with E-state index in [9.17, 15) is 13.2 Å². The first-order chi connectivity index (χ1) is 14.5. The zero-order chi connectivity index (χ0) is 21.0. The topological polar surface area (TPSA) is 101 Å². The minimum Gasteiger partial charge on any atom is -0.325 e. The normalized spacial score (nSPS) is 11.3. The summed E-state index contributed by atoms with van der Waals surface area (Å²) in [4.78, 5) is 21.6. The standard InChI is InChI=1S/C20H16N4O3S3/c25-19(13-29-18-9-10-21-17-4-2-1-3-16(17)18)23-14-5-7-15(8-6-14)30(26,27)24-20-22-11-12-28-20/h1-12H,13H2,(H,22,24)(H,23,25). The van der Waals surface area contributed by atoms with Gasteiger partial charge in [-0.25, -0.2) is 13.4 Å². The Kier molecular flexibility index (Phi) is 5.98. The van der Waals surface area contributed by atoms with Crippen molar-refractivity contribution in [2.45, 2.75) is 9.79 Å². The molecule has 0 aliphatic rings. The molecule has 4 aromatic rings. The number of rotatable bonds is 7. The molecule has 30 heavy (non-hydrogen) atoms. The van der Waals surface area contributed by atoms with Gasteiger partial charge in [-0.2, -0.15) is 0 Å². The zero-order valence-corrected chi connectivity index (χ0v) is 17.9. The van der Waals surface area contributed by atoms with Crippen LogP contribution in [0.3, 0.4) is 0 Å². The van der Waals surface area contributed by atoms with Crippen LogP contribution >= 0.6 is 23.1 Å². The highest BCUT2D eigenvalue weighted by atomic mass is 32.2. The molecular formula is C20H16N4O3S3. The third kappa shape index (κ3) is 4.78. The van der Waals surface area contributed by atoms with Gasteiger partial charge in [-0.15, -0.1) is 23.1 Å². The van der Waals surface area contributed by atoms with Gasteiger partial charge in [0.2, 0.25) is 5.91 Å². The van der Waals surface area contributed by atoms with E-state index in [-0.39, 0.29) is 16.6 Å². The van der Waals surface area contributed by atoms with Gasteiger partial charge in [0, 0.05) is 33.7 Å². The predicted molar refractivity (Wildman–Crippen MR) is 120 cm³/mol. The molecule has 0 aliphatic heterocycles. The summed E-state index contributed by atoms with van der Waals surface area (Å²) in [5, 5.41) is 5.77. The summed E-state index contributed by atoms with van der Waals surface area (Å²) in [7, 11) is -3.72. The summed E-state index contributed by atoms with van der Waals surface area (Å²) in [6.45, 7) is 0. The molecule has 152 valence electrons. The lowest BCUT2D eigenvalue weighted by Gasteiger charge is -2.09. The Balaban J connectivity index is 1.38. The van der Waals surface area contributed by atoms with Gasteiger partial charge in [-0.05, 0) is 36.4 Å². The van der Waals surface area contributed by atoms with E-state index in [0.29, 0.717) is 10.8 Å². The molecule has 2 aromatic carbocycles. The fraction of sp³-hybridized carbons (Fsp3) is 0.0500. The number of aromatic nitrogens is 2. The van der Waals surface area contributed by atoms with Crippen molar-refractivity contribution < 1.29 is 13.2 Å². The fourth-order valence-electron chi connectivity index (χ4n) is 2.70. The Morgan fingerprint density at radius 3 is 2.57 bits per heavy atom. The molecule has 0 unspecified atom stereocenters. The van der Waals surface area contributed by atoms with E-state index in [2.05, 4.69) is 20.0 Å². The van der Waals surface area contributed by atoms with E-state index in [4.69, 9.17) is 0 Å². The summed E-state index contributed by atoms with van der Waals surface area (Å²) >= 11 is 2.62. The van der Waals surface area contributed by atoms with Crippen LogP contribution in [0.15, 0.2) is 82.2 Å². The number of thioether (sulfide) groups is 1. The van der Waals surface area contributed by atoms with Crippen molar-refractivity contribution in [2.24, 2.45) is 0 Å². The first kappa shape index (κ1) is 20.3. The molecule has 0 spiro atoms. The number of thiazole rings is 1. The summed E-state index contributed by atoms with van der Waals surface area (Å²) in [5.74, 6) is 0.0389. The molecular weight excluding hydrogens is 440 g/mol. The van der Waals surface area contributed by atoms with Gasteiger partial charge in [0.05, 0.1) is 16.2 Å². The number of anilines is 2. The maximum Gasteiger partial charge on any atom is 0.263 e. The highest BCUT2D eigenvalue weighted by Crippen LogP contribution is 2.26. The molecule has 2 heterocycles. The molecule has 2 N–H and O–H groups in total. The molecule has 2 aromatic heterocycles. The van der Waals surface area contributed by atoms with Crippen LogP contribution in [0.25, 0.3) is 10.9 Å². The van der Waals surface area contributed by atoms with Gasteiger partial charge < -0.3 is 5.32 Å². The largest absolute Gasteiger partial charge is 0.325 e. The van der Waals surface area contributed by atoms with Crippen molar-refractivity contribution in [1.82, 2.24) is 9.97 Å². The SMILES string of the molecule is O=C(CSc1ccnc2ccccc12)Nc1ccc(S(=O)(=O)Nc2nccs2)cc1. The summed E-state index contributed by atoms with van der Waals surface area (Å²) in [5.41, 5.74) is 1.40. The highest BCUT2D eigenvalue weighted by Gasteiger charge is 2.15. The fourth-order valence-corrected chi connectivity index (χ4v) is 5.33. The Bertz CT molecular complexity index is 1270. The van der Waals surface area contributed by atoms with Crippen LogP contribution in [0.1, 0.15) is 0 Å². The molecule has 0 radical (unpaired) electrons. The lowest BCUT2D eigenvalue weighted by Crippen LogP contribution is -2.15. The summed E-state index contributed by atoms with van der Waals surface area (Å²) in [6.07, 6.45) is 3.25. The average molecular weight is 457 g/mol. The number of carbonyl (C=O) groups is 1. The van der Waals surface area contributed by atoms with E-state index in [1.165, 1.54) is 41.4 Å². The van der Waals surface area contributed by atoms with Crippen LogP contribution in [0.5, 0.6) is 0 Å². The minimum absolute atomic E-state index is 0.0910. The van der Waals surface area contributed by atoms with Crippen molar-refractivity contribution in [2.75, 3.05) is 15.8 Å². The summed E-state index contributed by atoms with van der Waals surface area (Å²) < 4.78 is 27.1. The molecule has 1 amide bonds. The van der Waals surface area contributed by atoms with E-state index in [1.807, 2.05) is 30.3 Å². The van der Waals surface area contributed by atoms with Gasteiger partial charge in [-0.1, -0.05) is 18.2 Å². The number of hydrogen-bond acceptors (Lipinski definition) is 7. The van der Waals surface area contributed by atoms with Crippen LogP contribution in [0.2, 0.25) is 0 Å². The number of hydrogen-bond donors (Lipinski definition) is 2. The molecule has 10 heteroatoms. The lowest BCUT2D eigenvalue weighted by atomic mass is 10.2. The number of para-hydroxylation sites is 1. The Labute approximate surface area is 181 Å². The molecule has 0 bridgehead atoms. The van der Waals surface area contributed by atoms with Gasteiger partial charge in [0.25, 0.3) is 10.0 Å². The Morgan fingerprint density at radius 2 is 1.80 bits per heavy atom. The molecule has 0 fully saturated rings. The van der Waals surface area contributed by atoms with Crippen molar-refractivity contribution in [3.8, 4) is 0 Å². The minimum atomic E-state index is -3.72. The number of fused-ring (bicyclic) bond motifs is 1. The molecule has 7 nitrogen and oxygen atoms in total. The number of nitrogens with one attached hydrogen (secondary N) is 2. The van der Waals surface area contributed by atoms with Crippen LogP contribution < -0.4 is 10.0 Å². The average Bonchev–Trinajstić information content (AvgIpc) is 3.25. The van der Waals surface area contributed by atoms with Crippen molar-refractivity contribution >= 4 is 60.8 Å². The van der Waals surface area contributed by atoms with Crippen molar-refractivity contribution in [3.05, 3.63) is 72.4 Å². The number of sulfonamides is 1. The van der Waals surface area contributed by atoms with Gasteiger partial charge >= 0.3 is 0 Å². The quantitative estimate of drug-likeness (QED) is 0.404. The zero-order valence-electron chi connectivity index (χ0n) is 15.5. The smallest absolute Gasteiger partial charge is 0.263 e. The van der Waals surface area contributed by atoms with Gasteiger partial charge in [0.15, 0.2) is 5.13 Å². The van der Waals surface area contributed by atoms with E-state index in [1.54, 1.807) is 23.7 Å². The van der Waals surface area contributed by atoms with Gasteiger partial charge in [0.1, 0.15) is 0 Å². The number of nitrogens with zero attached hydrogens (tertiary/aromatic N) is 2. The van der Waals surface area contributed by atoms with Crippen molar-refractivity contribution in [1.29, 1.82) is 0 Å². The molecule has 4 rings (SSSR count). The van der Waals surface area contributed by atoms with E-state index < -0.39 is 10.0 Å². The van der Waals surface area contributed by atoms with E-state index in [0.717, 1.165) is 15.8 Å². The second-order valence-electron chi connectivity index (χ2n) is 6.13. The second-order valence-corrected chi connectivity index (χ2v) is 9.72. The number of benzene rings is 2. The maximum absolute atomic E-state index is 12.4. The molecule has 0 atom stereocenters. The highest BCUT2D eigenvalue weighted by molar-refractivity contribution is 8.00. The first-order valence-electron chi connectivity index (χ1n) is 8.80. The third-order valence-electron chi connectivity index (χ3n) is 4.07. The predicted octanol–water partition coefficient (Wildman–Crippen LogP) is 4.22. The number of pyridine rings is 1.